The zero-order valence-corrected chi connectivity index (χ0v) is 9.73. The van der Waals surface area contributed by atoms with E-state index in [1.165, 1.54) is 22.9 Å². The normalized spacial score (nSPS) is 9.76. The summed E-state index contributed by atoms with van der Waals surface area (Å²) in [6.45, 7) is 1.74. The molecule has 0 unspecified atom stereocenters. The van der Waals surface area contributed by atoms with Gasteiger partial charge in [-0.25, -0.2) is 0 Å². The number of nitrogens with one attached hydrogen (secondary N) is 1. The number of rotatable bonds is 4. The minimum absolute atomic E-state index is 0.206. The Bertz CT molecular complexity index is 479. The largest absolute Gasteiger partial charge is 0.465 e. The second-order valence-corrected chi connectivity index (χ2v) is 3.35. The smallest absolute Gasteiger partial charge is 0.325 e. The van der Waals surface area contributed by atoms with Crippen molar-refractivity contribution in [1.29, 1.82) is 0 Å². The van der Waals surface area contributed by atoms with Crippen LogP contribution in [0.1, 0.15) is 17.3 Å². The van der Waals surface area contributed by atoms with Crippen molar-refractivity contribution < 1.29 is 14.3 Å². The lowest BCUT2D eigenvalue weighted by atomic mass is 10.2. The van der Waals surface area contributed by atoms with E-state index in [1.54, 1.807) is 14.0 Å². The van der Waals surface area contributed by atoms with Crippen LogP contribution < -0.4 is 10.9 Å². The predicted molar refractivity (Wildman–Crippen MR) is 60.6 cm³/mol. The van der Waals surface area contributed by atoms with Crippen LogP contribution in [0.5, 0.6) is 0 Å². The maximum absolute atomic E-state index is 11.5. The van der Waals surface area contributed by atoms with Crippen LogP contribution >= 0.6 is 0 Å². The molecule has 0 radical (unpaired) electrons. The van der Waals surface area contributed by atoms with Gasteiger partial charge in [-0.15, -0.1) is 0 Å². The third-order valence-electron chi connectivity index (χ3n) is 2.07. The van der Waals surface area contributed by atoms with Crippen LogP contribution in [0.3, 0.4) is 0 Å². The third-order valence-corrected chi connectivity index (χ3v) is 2.07. The molecular formula is C11H14N2O4. The second-order valence-electron chi connectivity index (χ2n) is 3.35. The van der Waals surface area contributed by atoms with E-state index in [-0.39, 0.29) is 24.3 Å². The molecule has 0 fully saturated rings. The zero-order chi connectivity index (χ0) is 12.8. The first-order chi connectivity index (χ1) is 8.04. The van der Waals surface area contributed by atoms with Crippen molar-refractivity contribution in [3.8, 4) is 0 Å². The number of ether oxygens (including phenoxy) is 1. The van der Waals surface area contributed by atoms with E-state index in [1.807, 2.05) is 0 Å². The van der Waals surface area contributed by atoms with E-state index >= 15 is 0 Å². The lowest BCUT2D eigenvalue weighted by Gasteiger charge is -2.05. The minimum Gasteiger partial charge on any atom is -0.465 e. The molecule has 92 valence electrons. The molecule has 0 spiro atoms. The molecule has 6 heteroatoms. The Morgan fingerprint density at radius 3 is 2.76 bits per heavy atom. The van der Waals surface area contributed by atoms with Gasteiger partial charge < -0.3 is 14.6 Å². The van der Waals surface area contributed by atoms with Crippen LogP contribution in [-0.2, 0) is 16.6 Å². The fourth-order valence-electron chi connectivity index (χ4n) is 1.16. The van der Waals surface area contributed by atoms with Crippen LogP contribution in [0.2, 0.25) is 0 Å². The van der Waals surface area contributed by atoms with Gasteiger partial charge in [0.05, 0.1) is 6.61 Å². The molecule has 1 heterocycles. The number of nitrogens with zero attached hydrogens (tertiary/aromatic N) is 1. The Kier molecular flexibility index (Phi) is 4.45. The molecule has 1 aromatic heterocycles. The highest BCUT2D eigenvalue weighted by molar-refractivity contribution is 5.95. The molecule has 0 aliphatic heterocycles. The summed E-state index contributed by atoms with van der Waals surface area (Å²) in [4.78, 5) is 33.8. The van der Waals surface area contributed by atoms with E-state index in [4.69, 9.17) is 0 Å². The molecular weight excluding hydrogens is 224 g/mol. The lowest BCUT2D eigenvalue weighted by molar-refractivity contribution is -0.141. The number of amides is 1. The SMILES string of the molecule is CCOC(=O)CNC(=O)c1ccn(C)c(=O)c1. The topological polar surface area (TPSA) is 77.4 Å². The van der Waals surface area contributed by atoms with Gasteiger partial charge in [0.2, 0.25) is 0 Å². The Hall–Kier alpha value is -2.11. The monoisotopic (exact) mass is 238 g/mol. The average Bonchev–Trinajstić information content (AvgIpc) is 2.30. The molecule has 0 bridgehead atoms. The van der Waals surface area contributed by atoms with E-state index in [9.17, 15) is 14.4 Å². The number of carbonyl (C=O) groups is 2. The number of esters is 1. The van der Waals surface area contributed by atoms with Gasteiger partial charge in [0, 0.05) is 24.9 Å². The Morgan fingerprint density at radius 1 is 1.47 bits per heavy atom. The number of hydrogen-bond donors (Lipinski definition) is 1. The van der Waals surface area contributed by atoms with Gasteiger partial charge >= 0.3 is 5.97 Å². The number of carbonyl (C=O) groups excluding carboxylic acids is 2. The second kappa shape index (κ2) is 5.83. The predicted octanol–water partition coefficient (Wildman–Crippen LogP) is -0.322. The summed E-state index contributed by atoms with van der Waals surface area (Å²) in [7, 11) is 1.59. The van der Waals surface area contributed by atoms with Crippen molar-refractivity contribution in [2.75, 3.05) is 13.2 Å². The summed E-state index contributed by atoms with van der Waals surface area (Å²) >= 11 is 0. The number of aryl methyl sites for hydroxylation is 1. The van der Waals surface area contributed by atoms with Crippen molar-refractivity contribution in [3.05, 3.63) is 34.2 Å². The first-order valence-corrected chi connectivity index (χ1v) is 5.15. The van der Waals surface area contributed by atoms with Crippen molar-refractivity contribution in [2.45, 2.75) is 6.92 Å². The first kappa shape index (κ1) is 13.0. The molecule has 0 aliphatic carbocycles. The molecule has 1 rings (SSSR count). The third kappa shape index (κ3) is 3.75. The van der Waals surface area contributed by atoms with E-state index < -0.39 is 11.9 Å². The Balaban J connectivity index is 2.61. The lowest BCUT2D eigenvalue weighted by Crippen LogP contribution is -2.31. The van der Waals surface area contributed by atoms with E-state index in [2.05, 4.69) is 10.1 Å². The molecule has 6 nitrogen and oxygen atoms in total. The molecule has 1 aromatic rings. The van der Waals surface area contributed by atoms with Gasteiger partial charge in [0.15, 0.2) is 0 Å². The van der Waals surface area contributed by atoms with Gasteiger partial charge in [0.1, 0.15) is 6.54 Å². The standard InChI is InChI=1S/C11H14N2O4/c1-3-17-10(15)7-12-11(16)8-4-5-13(2)9(14)6-8/h4-6H,3,7H2,1-2H3,(H,12,16). The van der Waals surface area contributed by atoms with E-state index in [0.717, 1.165) is 0 Å². The molecule has 1 amide bonds. The fourth-order valence-corrected chi connectivity index (χ4v) is 1.16. The highest BCUT2D eigenvalue weighted by Gasteiger charge is 2.09. The average molecular weight is 238 g/mol. The summed E-state index contributed by atoms with van der Waals surface area (Å²) in [5.41, 5.74) is -0.0637. The Labute approximate surface area is 98.2 Å². The number of pyridine rings is 1. The van der Waals surface area contributed by atoms with Crippen molar-refractivity contribution >= 4 is 11.9 Å². The number of hydrogen-bond acceptors (Lipinski definition) is 4. The highest BCUT2D eigenvalue weighted by atomic mass is 16.5. The molecule has 0 saturated carbocycles. The van der Waals surface area contributed by atoms with Crippen molar-refractivity contribution in [2.24, 2.45) is 7.05 Å². The van der Waals surface area contributed by atoms with Crippen LogP contribution in [0.15, 0.2) is 23.1 Å². The summed E-state index contributed by atoms with van der Waals surface area (Å²) < 4.78 is 6.00. The quantitative estimate of drug-likeness (QED) is 0.729. The maximum atomic E-state index is 11.5. The van der Waals surface area contributed by atoms with Crippen LogP contribution in [0, 0.1) is 0 Å². The zero-order valence-electron chi connectivity index (χ0n) is 9.73. The number of aromatic nitrogens is 1. The van der Waals surface area contributed by atoms with Gasteiger partial charge in [-0.1, -0.05) is 0 Å². The molecule has 0 aromatic carbocycles. The highest BCUT2D eigenvalue weighted by Crippen LogP contribution is 1.93. The summed E-state index contributed by atoms with van der Waals surface area (Å²) in [5.74, 6) is -0.986. The molecule has 1 N–H and O–H groups in total. The minimum atomic E-state index is -0.510. The van der Waals surface area contributed by atoms with Crippen LogP contribution in [0.25, 0.3) is 0 Å². The molecule has 0 atom stereocenters. The summed E-state index contributed by atoms with van der Waals surface area (Å²) in [5, 5.41) is 2.37. The van der Waals surface area contributed by atoms with Crippen molar-refractivity contribution in [1.82, 2.24) is 9.88 Å². The summed E-state index contributed by atoms with van der Waals surface area (Å²) in [6, 6.07) is 2.71. The van der Waals surface area contributed by atoms with Crippen LogP contribution in [-0.4, -0.2) is 29.6 Å². The van der Waals surface area contributed by atoms with Gasteiger partial charge in [-0.05, 0) is 13.0 Å². The molecule has 0 saturated heterocycles. The summed E-state index contributed by atoms with van der Waals surface area (Å²) in [6.07, 6.45) is 1.49. The van der Waals surface area contributed by atoms with Gasteiger partial charge in [0.25, 0.3) is 11.5 Å². The van der Waals surface area contributed by atoms with Crippen LogP contribution in [0.4, 0.5) is 0 Å². The fraction of sp³-hybridized carbons (Fsp3) is 0.364. The van der Waals surface area contributed by atoms with E-state index in [0.29, 0.717) is 0 Å². The molecule has 17 heavy (non-hydrogen) atoms. The van der Waals surface area contributed by atoms with Gasteiger partial charge in [-0.2, -0.15) is 0 Å². The molecule has 0 aliphatic rings. The first-order valence-electron chi connectivity index (χ1n) is 5.15. The maximum Gasteiger partial charge on any atom is 0.325 e. The van der Waals surface area contributed by atoms with Gasteiger partial charge in [-0.3, -0.25) is 14.4 Å². The Morgan fingerprint density at radius 2 is 2.18 bits per heavy atom. The van der Waals surface area contributed by atoms with Crippen molar-refractivity contribution in [3.63, 3.8) is 0 Å².